The fourth-order valence-corrected chi connectivity index (χ4v) is 3.87. The third-order valence-corrected chi connectivity index (χ3v) is 4.98. The van der Waals surface area contributed by atoms with E-state index in [1.807, 2.05) is 48.0 Å². The molecule has 2 aromatic heterocycles. The Bertz CT molecular complexity index is 759. The van der Waals surface area contributed by atoms with Crippen molar-refractivity contribution in [2.24, 2.45) is 0 Å². The molecule has 0 fully saturated rings. The average Bonchev–Trinajstić information content (AvgIpc) is 3.06. The highest BCUT2D eigenvalue weighted by Gasteiger charge is 2.17. The number of carboxylic acid groups (broad SMARTS) is 1. The average molecular weight is 301 g/mol. The summed E-state index contributed by atoms with van der Waals surface area (Å²) in [5, 5.41) is 13.8. The fourth-order valence-electron chi connectivity index (χ4n) is 1.98. The lowest BCUT2D eigenvalue weighted by molar-refractivity contribution is 0.0701. The van der Waals surface area contributed by atoms with Gasteiger partial charge in [-0.2, -0.15) is 0 Å². The summed E-state index contributed by atoms with van der Waals surface area (Å²) in [6.45, 7) is 1.83. The first-order chi connectivity index (χ1) is 9.66. The molecule has 0 aliphatic heterocycles. The maximum absolute atomic E-state index is 11.1. The lowest BCUT2D eigenvalue weighted by atomic mass is 10.1. The normalized spacial score (nSPS) is 10.7. The number of thiazole rings is 1. The van der Waals surface area contributed by atoms with Gasteiger partial charge in [-0.05, 0) is 12.5 Å². The summed E-state index contributed by atoms with van der Waals surface area (Å²) in [5.41, 5.74) is 3.70. The van der Waals surface area contributed by atoms with Crippen LogP contribution >= 0.6 is 22.7 Å². The second-order valence-electron chi connectivity index (χ2n) is 4.31. The fraction of sp³-hybridized carbons (Fsp3) is 0.0667. The van der Waals surface area contributed by atoms with Crippen LogP contribution in [-0.4, -0.2) is 16.1 Å². The highest BCUT2D eigenvalue weighted by atomic mass is 32.1. The molecule has 0 atom stereocenters. The molecule has 3 rings (SSSR count). The van der Waals surface area contributed by atoms with Crippen LogP contribution in [0, 0.1) is 6.92 Å². The van der Waals surface area contributed by atoms with E-state index in [2.05, 4.69) is 4.98 Å². The quantitative estimate of drug-likeness (QED) is 0.772. The van der Waals surface area contributed by atoms with Crippen molar-refractivity contribution in [2.75, 3.05) is 0 Å². The molecule has 5 heteroatoms. The predicted octanol–water partition coefficient (Wildman–Crippen LogP) is 4.55. The van der Waals surface area contributed by atoms with Crippen molar-refractivity contribution in [3.8, 4) is 21.8 Å². The molecule has 1 N–H and O–H groups in total. The molecule has 100 valence electrons. The van der Waals surface area contributed by atoms with Gasteiger partial charge in [0.15, 0.2) is 0 Å². The van der Waals surface area contributed by atoms with Gasteiger partial charge in [0.2, 0.25) is 0 Å². The first-order valence-corrected chi connectivity index (χ1v) is 7.75. The number of aromatic nitrogens is 1. The van der Waals surface area contributed by atoms with E-state index in [0.717, 1.165) is 27.4 Å². The van der Waals surface area contributed by atoms with Gasteiger partial charge in [-0.25, -0.2) is 9.78 Å². The van der Waals surface area contributed by atoms with Gasteiger partial charge in [-0.3, -0.25) is 0 Å². The molecule has 0 saturated carbocycles. The molecule has 2 heterocycles. The number of aromatic carboxylic acids is 1. The van der Waals surface area contributed by atoms with Crippen LogP contribution < -0.4 is 0 Å². The summed E-state index contributed by atoms with van der Waals surface area (Å²) in [5.74, 6) is -0.876. The molecule has 3 aromatic rings. The standard InChI is InChI=1S/C15H11NO2S2/c1-9-11(7-19-13(9)15(17)18)14-16-12(8-20-14)10-5-3-2-4-6-10/h2-8H,1H3,(H,17,18). The lowest BCUT2D eigenvalue weighted by Crippen LogP contribution is -1.94. The summed E-state index contributed by atoms with van der Waals surface area (Å²) in [6, 6.07) is 9.96. The Hall–Kier alpha value is -1.98. The Labute approximate surface area is 124 Å². The van der Waals surface area contributed by atoms with Crippen molar-refractivity contribution < 1.29 is 9.90 Å². The van der Waals surface area contributed by atoms with Crippen LogP contribution in [0.2, 0.25) is 0 Å². The van der Waals surface area contributed by atoms with Gasteiger partial charge in [-0.1, -0.05) is 30.3 Å². The molecule has 0 spiro atoms. The Balaban J connectivity index is 2.01. The minimum atomic E-state index is -0.876. The maximum Gasteiger partial charge on any atom is 0.346 e. The summed E-state index contributed by atoms with van der Waals surface area (Å²) in [7, 11) is 0. The zero-order valence-corrected chi connectivity index (χ0v) is 12.3. The van der Waals surface area contributed by atoms with Gasteiger partial charge in [0, 0.05) is 21.9 Å². The molecule has 0 bridgehead atoms. The number of hydrogen-bond donors (Lipinski definition) is 1. The van der Waals surface area contributed by atoms with E-state index in [0.29, 0.717) is 4.88 Å². The minimum absolute atomic E-state index is 0.386. The van der Waals surface area contributed by atoms with Crippen LogP contribution in [0.15, 0.2) is 41.1 Å². The second kappa shape index (κ2) is 5.19. The van der Waals surface area contributed by atoms with Crippen LogP contribution in [0.25, 0.3) is 21.8 Å². The number of thiophene rings is 1. The molecule has 1 aromatic carbocycles. The maximum atomic E-state index is 11.1. The molecular formula is C15H11NO2S2. The largest absolute Gasteiger partial charge is 0.477 e. The van der Waals surface area contributed by atoms with E-state index in [1.54, 1.807) is 0 Å². The molecule has 0 radical (unpaired) electrons. The zero-order valence-electron chi connectivity index (χ0n) is 10.7. The molecule has 0 amide bonds. The Kier molecular flexibility index (Phi) is 3.38. The molecule has 0 saturated heterocycles. The van der Waals surface area contributed by atoms with Crippen molar-refractivity contribution in [1.82, 2.24) is 4.98 Å². The highest BCUT2D eigenvalue weighted by Crippen LogP contribution is 2.35. The molecule has 0 aliphatic rings. The van der Waals surface area contributed by atoms with Crippen molar-refractivity contribution in [1.29, 1.82) is 0 Å². The highest BCUT2D eigenvalue weighted by molar-refractivity contribution is 7.15. The Morgan fingerprint density at radius 3 is 2.55 bits per heavy atom. The summed E-state index contributed by atoms with van der Waals surface area (Å²) in [4.78, 5) is 16.1. The molecule has 0 aliphatic carbocycles. The smallest absolute Gasteiger partial charge is 0.346 e. The van der Waals surface area contributed by atoms with Crippen LogP contribution in [0.5, 0.6) is 0 Å². The Morgan fingerprint density at radius 2 is 1.90 bits per heavy atom. The summed E-state index contributed by atoms with van der Waals surface area (Å²) < 4.78 is 0. The van der Waals surface area contributed by atoms with Crippen LogP contribution in [0.1, 0.15) is 15.2 Å². The number of hydrogen-bond acceptors (Lipinski definition) is 4. The first-order valence-electron chi connectivity index (χ1n) is 5.99. The van der Waals surface area contributed by atoms with E-state index in [-0.39, 0.29) is 0 Å². The van der Waals surface area contributed by atoms with Crippen molar-refractivity contribution >= 4 is 28.6 Å². The van der Waals surface area contributed by atoms with Gasteiger partial charge in [0.25, 0.3) is 0 Å². The van der Waals surface area contributed by atoms with Crippen molar-refractivity contribution in [3.05, 3.63) is 51.5 Å². The van der Waals surface area contributed by atoms with Crippen LogP contribution in [0.3, 0.4) is 0 Å². The van der Waals surface area contributed by atoms with Gasteiger partial charge >= 0.3 is 5.97 Å². The van der Waals surface area contributed by atoms with E-state index < -0.39 is 5.97 Å². The van der Waals surface area contributed by atoms with E-state index in [4.69, 9.17) is 5.11 Å². The van der Waals surface area contributed by atoms with Crippen molar-refractivity contribution in [2.45, 2.75) is 6.92 Å². The Morgan fingerprint density at radius 1 is 1.15 bits per heavy atom. The number of carbonyl (C=O) groups is 1. The third kappa shape index (κ3) is 2.26. The zero-order chi connectivity index (χ0) is 14.1. The summed E-state index contributed by atoms with van der Waals surface area (Å²) >= 11 is 2.79. The second-order valence-corrected chi connectivity index (χ2v) is 6.05. The van der Waals surface area contributed by atoms with E-state index >= 15 is 0 Å². The molecule has 3 nitrogen and oxygen atoms in total. The molecule has 20 heavy (non-hydrogen) atoms. The lowest BCUT2D eigenvalue weighted by Gasteiger charge is -1.96. The minimum Gasteiger partial charge on any atom is -0.477 e. The monoisotopic (exact) mass is 301 g/mol. The van der Waals surface area contributed by atoms with Gasteiger partial charge < -0.3 is 5.11 Å². The third-order valence-electron chi connectivity index (χ3n) is 3.04. The van der Waals surface area contributed by atoms with Crippen molar-refractivity contribution in [3.63, 3.8) is 0 Å². The SMILES string of the molecule is Cc1c(-c2nc(-c3ccccc3)cs2)csc1C(=O)O. The number of benzene rings is 1. The number of rotatable bonds is 3. The predicted molar refractivity (Wildman–Crippen MR) is 82.6 cm³/mol. The first kappa shape index (κ1) is 13.0. The topological polar surface area (TPSA) is 50.2 Å². The van der Waals surface area contributed by atoms with Gasteiger partial charge in [0.05, 0.1) is 5.69 Å². The van der Waals surface area contributed by atoms with E-state index in [1.165, 1.54) is 22.7 Å². The summed E-state index contributed by atoms with van der Waals surface area (Å²) in [6.07, 6.45) is 0. The molecular weight excluding hydrogens is 290 g/mol. The van der Waals surface area contributed by atoms with Gasteiger partial charge in [-0.15, -0.1) is 22.7 Å². The number of carboxylic acids is 1. The van der Waals surface area contributed by atoms with Crippen LogP contribution in [0.4, 0.5) is 0 Å². The number of nitrogens with zero attached hydrogens (tertiary/aromatic N) is 1. The molecule has 0 unspecified atom stereocenters. The van der Waals surface area contributed by atoms with E-state index in [9.17, 15) is 4.79 Å². The van der Waals surface area contributed by atoms with Gasteiger partial charge in [0.1, 0.15) is 9.88 Å². The van der Waals surface area contributed by atoms with Crippen LogP contribution in [-0.2, 0) is 0 Å².